The number of benzene rings is 2. The number of anilines is 1. The standard InChI is InChI=1S/C19H17ClN6O/c1-12-16(18(27)21-11-13-7-3-2-4-8-13)17(14-9-5-6-10-15(14)20)26-19(22-12)23-24-25-26/h2-10,17H,11H2,1H3,(H,21,27)(H,22,23,25). The first-order valence-corrected chi connectivity index (χ1v) is 8.85. The van der Waals surface area contributed by atoms with Crippen LogP contribution < -0.4 is 10.6 Å². The number of nitrogens with zero attached hydrogens (tertiary/aromatic N) is 4. The number of tetrazole rings is 1. The van der Waals surface area contributed by atoms with Gasteiger partial charge < -0.3 is 10.6 Å². The fourth-order valence-corrected chi connectivity index (χ4v) is 3.40. The van der Waals surface area contributed by atoms with E-state index in [9.17, 15) is 4.79 Å². The first-order chi connectivity index (χ1) is 13.1. The highest BCUT2D eigenvalue weighted by Crippen LogP contribution is 2.37. The molecule has 0 saturated heterocycles. The van der Waals surface area contributed by atoms with Crippen LogP contribution in [0.3, 0.4) is 0 Å². The summed E-state index contributed by atoms with van der Waals surface area (Å²) in [6.07, 6.45) is 0. The molecule has 8 heteroatoms. The molecule has 1 atom stereocenters. The van der Waals surface area contributed by atoms with Gasteiger partial charge in [0, 0.05) is 22.8 Å². The molecule has 0 aliphatic carbocycles. The molecule has 0 bridgehead atoms. The van der Waals surface area contributed by atoms with Gasteiger partial charge in [-0.2, -0.15) is 4.68 Å². The Labute approximate surface area is 161 Å². The second kappa shape index (κ2) is 7.20. The summed E-state index contributed by atoms with van der Waals surface area (Å²) in [5.74, 6) is 0.270. The number of aromatic nitrogens is 4. The van der Waals surface area contributed by atoms with Crippen molar-refractivity contribution in [3.8, 4) is 0 Å². The van der Waals surface area contributed by atoms with Gasteiger partial charge in [0.25, 0.3) is 5.91 Å². The Morgan fingerprint density at radius 2 is 1.93 bits per heavy atom. The molecule has 1 aliphatic rings. The zero-order valence-corrected chi connectivity index (χ0v) is 15.3. The summed E-state index contributed by atoms with van der Waals surface area (Å²) >= 11 is 6.43. The topological polar surface area (TPSA) is 84.7 Å². The summed E-state index contributed by atoms with van der Waals surface area (Å²) < 4.78 is 1.58. The van der Waals surface area contributed by atoms with Crippen LogP contribution >= 0.6 is 11.6 Å². The van der Waals surface area contributed by atoms with Crippen molar-refractivity contribution in [1.29, 1.82) is 0 Å². The molecule has 2 aromatic carbocycles. The van der Waals surface area contributed by atoms with Crippen LogP contribution in [0.25, 0.3) is 0 Å². The van der Waals surface area contributed by atoms with Crippen molar-refractivity contribution in [1.82, 2.24) is 25.5 Å². The normalized spacial score (nSPS) is 15.9. The number of hydrogen-bond donors (Lipinski definition) is 2. The van der Waals surface area contributed by atoms with Crippen LogP contribution in [-0.4, -0.2) is 26.1 Å². The maximum Gasteiger partial charge on any atom is 0.251 e. The third-order valence-corrected chi connectivity index (χ3v) is 4.80. The second-order valence-electron chi connectivity index (χ2n) is 6.20. The van der Waals surface area contributed by atoms with Crippen molar-refractivity contribution < 1.29 is 4.79 Å². The molecule has 2 N–H and O–H groups in total. The molecule has 1 amide bonds. The molecular weight excluding hydrogens is 364 g/mol. The third-order valence-electron chi connectivity index (χ3n) is 4.45. The van der Waals surface area contributed by atoms with Crippen molar-refractivity contribution in [3.63, 3.8) is 0 Å². The molecule has 0 saturated carbocycles. The fourth-order valence-electron chi connectivity index (χ4n) is 3.16. The smallest absolute Gasteiger partial charge is 0.251 e. The van der Waals surface area contributed by atoms with Crippen LogP contribution in [0.1, 0.15) is 24.1 Å². The van der Waals surface area contributed by atoms with Crippen LogP contribution in [-0.2, 0) is 11.3 Å². The fraction of sp³-hybridized carbons (Fsp3) is 0.158. The number of carbonyl (C=O) groups is 1. The molecule has 1 unspecified atom stereocenters. The van der Waals surface area contributed by atoms with E-state index in [0.717, 1.165) is 11.1 Å². The Morgan fingerprint density at radius 3 is 2.70 bits per heavy atom. The maximum absolute atomic E-state index is 13.1. The lowest BCUT2D eigenvalue weighted by molar-refractivity contribution is -0.118. The van der Waals surface area contributed by atoms with Crippen molar-refractivity contribution in [2.24, 2.45) is 0 Å². The number of fused-ring (bicyclic) bond motifs is 1. The molecule has 27 heavy (non-hydrogen) atoms. The summed E-state index contributed by atoms with van der Waals surface area (Å²) in [5, 5.41) is 18.4. The summed E-state index contributed by atoms with van der Waals surface area (Å²) in [6, 6.07) is 16.6. The third kappa shape index (κ3) is 3.29. The van der Waals surface area contributed by atoms with E-state index in [2.05, 4.69) is 26.2 Å². The minimum atomic E-state index is -0.513. The molecule has 4 rings (SSSR count). The quantitative estimate of drug-likeness (QED) is 0.727. The van der Waals surface area contributed by atoms with Crippen LogP contribution in [0.2, 0.25) is 5.02 Å². The van der Waals surface area contributed by atoms with Crippen LogP contribution in [0.15, 0.2) is 65.9 Å². The van der Waals surface area contributed by atoms with Crippen molar-refractivity contribution in [3.05, 3.63) is 82.0 Å². The van der Waals surface area contributed by atoms with Crippen molar-refractivity contribution >= 4 is 23.5 Å². The van der Waals surface area contributed by atoms with Gasteiger partial charge in [-0.25, -0.2) is 0 Å². The summed E-state index contributed by atoms with van der Waals surface area (Å²) in [7, 11) is 0. The van der Waals surface area contributed by atoms with Crippen molar-refractivity contribution in [2.45, 2.75) is 19.5 Å². The van der Waals surface area contributed by atoms with E-state index in [0.29, 0.717) is 28.8 Å². The Kier molecular flexibility index (Phi) is 4.60. The monoisotopic (exact) mass is 380 g/mol. The van der Waals surface area contributed by atoms with Crippen LogP contribution in [0.4, 0.5) is 5.95 Å². The Morgan fingerprint density at radius 1 is 1.19 bits per heavy atom. The molecule has 1 aliphatic heterocycles. The summed E-state index contributed by atoms with van der Waals surface area (Å²) in [6.45, 7) is 2.26. The van der Waals surface area contributed by atoms with Crippen LogP contribution in [0, 0.1) is 0 Å². The molecule has 1 aromatic heterocycles. The number of nitrogens with one attached hydrogen (secondary N) is 2. The molecule has 0 spiro atoms. The van der Waals surface area contributed by atoms with Gasteiger partial charge in [-0.05, 0) is 29.0 Å². The first-order valence-electron chi connectivity index (χ1n) is 8.47. The number of hydrogen-bond acceptors (Lipinski definition) is 5. The van der Waals surface area contributed by atoms with E-state index in [1.807, 2.05) is 55.5 Å². The highest BCUT2D eigenvalue weighted by molar-refractivity contribution is 6.31. The van der Waals surface area contributed by atoms with Crippen molar-refractivity contribution in [2.75, 3.05) is 5.32 Å². The van der Waals surface area contributed by atoms with Gasteiger partial charge in [-0.3, -0.25) is 4.79 Å². The second-order valence-corrected chi connectivity index (χ2v) is 6.61. The van der Waals surface area contributed by atoms with Gasteiger partial charge in [0.1, 0.15) is 6.04 Å². The minimum absolute atomic E-state index is 0.199. The van der Waals surface area contributed by atoms with Gasteiger partial charge in [0.2, 0.25) is 5.95 Å². The molecule has 0 fully saturated rings. The molecule has 3 aromatic rings. The maximum atomic E-state index is 13.1. The number of halogens is 1. The number of allylic oxidation sites excluding steroid dienone is 1. The zero-order valence-electron chi connectivity index (χ0n) is 14.6. The van der Waals surface area contributed by atoms with E-state index in [1.165, 1.54) is 0 Å². The van der Waals surface area contributed by atoms with Gasteiger partial charge in [-0.1, -0.05) is 65.2 Å². The van der Waals surface area contributed by atoms with E-state index in [-0.39, 0.29) is 5.91 Å². The Balaban J connectivity index is 1.70. The molecular formula is C19H17ClN6O. The largest absolute Gasteiger partial charge is 0.348 e. The van der Waals surface area contributed by atoms with E-state index >= 15 is 0 Å². The molecule has 136 valence electrons. The summed E-state index contributed by atoms with van der Waals surface area (Å²) in [4.78, 5) is 13.1. The Bertz CT molecular complexity index is 1010. The molecule has 2 heterocycles. The number of amides is 1. The lowest BCUT2D eigenvalue weighted by Gasteiger charge is -2.28. The van der Waals surface area contributed by atoms with Gasteiger partial charge in [0.05, 0.1) is 5.57 Å². The summed E-state index contributed by atoms with van der Waals surface area (Å²) in [5.41, 5.74) is 3.00. The minimum Gasteiger partial charge on any atom is -0.348 e. The van der Waals surface area contributed by atoms with E-state index in [4.69, 9.17) is 11.6 Å². The van der Waals surface area contributed by atoms with Gasteiger partial charge in [-0.15, -0.1) is 0 Å². The first kappa shape index (κ1) is 17.2. The van der Waals surface area contributed by atoms with E-state index < -0.39 is 6.04 Å². The average Bonchev–Trinajstić information content (AvgIpc) is 3.14. The van der Waals surface area contributed by atoms with E-state index in [1.54, 1.807) is 10.7 Å². The predicted molar refractivity (Wildman–Crippen MR) is 102 cm³/mol. The van der Waals surface area contributed by atoms with Crippen LogP contribution in [0.5, 0.6) is 0 Å². The Hall–Kier alpha value is -3.19. The zero-order chi connectivity index (χ0) is 18.8. The SMILES string of the molecule is CC1=C(C(=O)NCc2ccccc2)C(c2ccccc2Cl)n2nnnc2N1. The highest BCUT2D eigenvalue weighted by Gasteiger charge is 2.34. The van der Waals surface area contributed by atoms with Gasteiger partial charge >= 0.3 is 0 Å². The predicted octanol–water partition coefficient (Wildman–Crippen LogP) is 2.93. The molecule has 7 nitrogen and oxygen atoms in total. The molecule has 0 radical (unpaired) electrons. The average molecular weight is 381 g/mol. The van der Waals surface area contributed by atoms with Gasteiger partial charge in [0.15, 0.2) is 0 Å². The number of rotatable bonds is 4. The highest BCUT2D eigenvalue weighted by atomic mass is 35.5. The number of carbonyl (C=O) groups excluding carboxylic acids is 1. The lowest BCUT2D eigenvalue weighted by Crippen LogP contribution is -2.35. The lowest BCUT2D eigenvalue weighted by atomic mass is 9.95.